The molecule has 3 rings (SSSR count). The van der Waals surface area contributed by atoms with E-state index >= 15 is 0 Å². The topological polar surface area (TPSA) is 101 Å². The SMILES string of the molecule is COc1cccc(C(=O)N[C@@]2(C(F)(F)F)NC(=O)N(Cc3ccco3)C2=O)c1. The van der Waals surface area contributed by atoms with Gasteiger partial charge in [-0.25, -0.2) is 4.79 Å². The Labute approximate surface area is 156 Å². The summed E-state index contributed by atoms with van der Waals surface area (Å²) in [5.74, 6) is -2.56. The number of furan rings is 1. The summed E-state index contributed by atoms with van der Waals surface area (Å²) >= 11 is 0. The number of alkyl halides is 3. The summed E-state index contributed by atoms with van der Waals surface area (Å²) in [7, 11) is 1.32. The van der Waals surface area contributed by atoms with Gasteiger partial charge in [0.1, 0.15) is 11.5 Å². The van der Waals surface area contributed by atoms with Crippen molar-refractivity contribution in [2.45, 2.75) is 18.4 Å². The van der Waals surface area contributed by atoms with Gasteiger partial charge in [0.05, 0.1) is 19.9 Å². The van der Waals surface area contributed by atoms with Gasteiger partial charge in [-0.2, -0.15) is 13.2 Å². The van der Waals surface area contributed by atoms with Crippen molar-refractivity contribution in [2.75, 3.05) is 7.11 Å². The minimum Gasteiger partial charge on any atom is -0.497 e. The van der Waals surface area contributed by atoms with Gasteiger partial charge in [0.2, 0.25) is 0 Å². The van der Waals surface area contributed by atoms with E-state index in [0.29, 0.717) is 4.90 Å². The third-order valence-electron chi connectivity index (χ3n) is 4.06. The second-order valence-corrected chi connectivity index (χ2v) is 5.83. The van der Waals surface area contributed by atoms with E-state index < -0.39 is 36.2 Å². The molecule has 1 fully saturated rings. The van der Waals surface area contributed by atoms with Crippen LogP contribution in [0.2, 0.25) is 0 Å². The van der Waals surface area contributed by atoms with Crippen LogP contribution in [0.1, 0.15) is 16.1 Å². The van der Waals surface area contributed by atoms with E-state index in [-0.39, 0.29) is 17.1 Å². The minimum absolute atomic E-state index is 0.0978. The number of methoxy groups -OCH3 is 1. The predicted molar refractivity (Wildman–Crippen MR) is 87.0 cm³/mol. The van der Waals surface area contributed by atoms with E-state index in [1.165, 1.54) is 49.8 Å². The average Bonchev–Trinajstić information content (AvgIpc) is 3.24. The lowest BCUT2D eigenvalue weighted by Gasteiger charge is -2.29. The lowest BCUT2D eigenvalue weighted by molar-refractivity contribution is -0.200. The summed E-state index contributed by atoms with van der Waals surface area (Å²) in [4.78, 5) is 37.3. The first kappa shape index (κ1) is 19.3. The molecular weight excluding hydrogens is 383 g/mol. The largest absolute Gasteiger partial charge is 0.497 e. The maximum Gasteiger partial charge on any atom is 0.440 e. The van der Waals surface area contributed by atoms with Gasteiger partial charge in [-0.1, -0.05) is 6.07 Å². The van der Waals surface area contributed by atoms with Crippen LogP contribution in [0.5, 0.6) is 5.75 Å². The monoisotopic (exact) mass is 397 g/mol. The quantitative estimate of drug-likeness (QED) is 0.752. The number of amides is 4. The van der Waals surface area contributed by atoms with Crippen molar-refractivity contribution in [3.63, 3.8) is 0 Å². The number of imide groups is 1. The summed E-state index contributed by atoms with van der Waals surface area (Å²) < 4.78 is 51.3. The maximum atomic E-state index is 13.8. The molecule has 1 atom stereocenters. The number of rotatable bonds is 5. The molecule has 0 saturated carbocycles. The Morgan fingerprint density at radius 1 is 1.29 bits per heavy atom. The molecule has 0 radical (unpaired) electrons. The van der Waals surface area contributed by atoms with Crippen LogP contribution in [0.4, 0.5) is 18.0 Å². The van der Waals surface area contributed by atoms with E-state index in [1.807, 2.05) is 0 Å². The Morgan fingerprint density at radius 2 is 2.04 bits per heavy atom. The smallest absolute Gasteiger partial charge is 0.440 e. The first-order valence-corrected chi connectivity index (χ1v) is 7.88. The Balaban J connectivity index is 1.92. The molecule has 148 valence electrons. The summed E-state index contributed by atoms with van der Waals surface area (Å²) in [5, 5.41) is 3.17. The molecule has 4 amide bonds. The summed E-state index contributed by atoms with van der Waals surface area (Å²) in [6, 6.07) is 6.85. The molecule has 0 aliphatic carbocycles. The number of nitrogens with one attached hydrogen (secondary N) is 2. The molecule has 0 bridgehead atoms. The van der Waals surface area contributed by atoms with Gasteiger partial charge in [-0.05, 0) is 30.3 Å². The van der Waals surface area contributed by atoms with Gasteiger partial charge in [0, 0.05) is 5.56 Å². The van der Waals surface area contributed by atoms with Gasteiger partial charge >= 0.3 is 12.2 Å². The molecule has 2 N–H and O–H groups in total. The number of carbonyl (C=O) groups is 3. The average molecular weight is 397 g/mol. The number of nitrogens with zero attached hydrogens (tertiary/aromatic N) is 1. The van der Waals surface area contributed by atoms with Crippen LogP contribution >= 0.6 is 0 Å². The highest BCUT2D eigenvalue weighted by atomic mass is 19.4. The van der Waals surface area contributed by atoms with Crippen LogP contribution in [-0.2, 0) is 11.3 Å². The van der Waals surface area contributed by atoms with Gasteiger partial charge < -0.3 is 14.5 Å². The van der Waals surface area contributed by atoms with Crippen molar-refractivity contribution in [2.24, 2.45) is 0 Å². The first-order valence-electron chi connectivity index (χ1n) is 7.88. The fourth-order valence-electron chi connectivity index (χ4n) is 2.63. The number of benzene rings is 1. The molecule has 0 unspecified atom stereocenters. The molecular formula is C17H14F3N3O5. The molecule has 1 saturated heterocycles. The van der Waals surface area contributed by atoms with E-state index in [9.17, 15) is 27.6 Å². The van der Waals surface area contributed by atoms with Crippen molar-refractivity contribution in [1.29, 1.82) is 0 Å². The Morgan fingerprint density at radius 3 is 2.64 bits per heavy atom. The molecule has 1 aromatic heterocycles. The maximum absolute atomic E-state index is 13.8. The molecule has 2 heterocycles. The third-order valence-corrected chi connectivity index (χ3v) is 4.06. The second kappa shape index (κ2) is 6.91. The molecule has 0 spiro atoms. The van der Waals surface area contributed by atoms with Crippen LogP contribution in [0.3, 0.4) is 0 Å². The number of urea groups is 1. The van der Waals surface area contributed by atoms with Crippen molar-refractivity contribution in [3.05, 3.63) is 54.0 Å². The van der Waals surface area contributed by atoms with E-state index in [2.05, 4.69) is 0 Å². The molecule has 1 aliphatic rings. The standard InChI is InChI=1S/C17H14F3N3O5/c1-27-11-5-2-4-10(8-11)13(24)21-16(17(18,19)20)14(25)23(15(26)22-16)9-12-6-3-7-28-12/h2-8H,9H2,1H3,(H,21,24)(H,22,26)/t16-/m1/s1. The molecule has 28 heavy (non-hydrogen) atoms. The Bertz CT molecular complexity index is 913. The molecule has 1 aliphatic heterocycles. The van der Waals surface area contributed by atoms with E-state index in [0.717, 1.165) is 0 Å². The number of ether oxygens (including phenoxy) is 1. The zero-order valence-electron chi connectivity index (χ0n) is 14.4. The zero-order chi connectivity index (χ0) is 20.5. The van der Waals surface area contributed by atoms with E-state index in [1.54, 1.807) is 10.6 Å². The van der Waals surface area contributed by atoms with Gasteiger partial charge in [-0.15, -0.1) is 0 Å². The second-order valence-electron chi connectivity index (χ2n) is 5.83. The lowest BCUT2D eigenvalue weighted by Crippen LogP contribution is -2.69. The van der Waals surface area contributed by atoms with Crippen molar-refractivity contribution < 1.29 is 36.7 Å². The third kappa shape index (κ3) is 3.26. The van der Waals surface area contributed by atoms with Gasteiger partial charge in [0.25, 0.3) is 17.5 Å². The van der Waals surface area contributed by atoms with Gasteiger partial charge in [-0.3, -0.25) is 19.8 Å². The molecule has 8 nitrogen and oxygen atoms in total. The lowest BCUT2D eigenvalue weighted by atomic mass is 10.1. The molecule has 1 aromatic carbocycles. The number of hydrogen-bond donors (Lipinski definition) is 2. The van der Waals surface area contributed by atoms with Crippen molar-refractivity contribution >= 4 is 17.8 Å². The van der Waals surface area contributed by atoms with Gasteiger partial charge in [0.15, 0.2) is 0 Å². The van der Waals surface area contributed by atoms with Crippen LogP contribution in [0.25, 0.3) is 0 Å². The minimum atomic E-state index is -5.30. The number of carbonyl (C=O) groups excluding carboxylic acids is 3. The molecule has 11 heteroatoms. The highest BCUT2D eigenvalue weighted by Crippen LogP contribution is 2.34. The van der Waals surface area contributed by atoms with E-state index in [4.69, 9.17) is 9.15 Å². The summed E-state index contributed by atoms with van der Waals surface area (Å²) in [6.07, 6.45) is -4.05. The predicted octanol–water partition coefficient (Wildman–Crippen LogP) is 2.03. The number of halogens is 3. The highest BCUT2D eigenvalue weighted by molar-refractivity contribution is 6.10. The fraction of sp³-hybridized carbons (Fsp3) is 0.235. The summed E-state index contributed by atoms with van der Waals surface area (Å²) in [5.41, 5.74) is -3.79. The first-order chi connectivity index (χ1) is 13.2. The Hall–Kier alpha value is -3.50. The van der Waals surface area contributed by atoms with Crippen LogP contribution in [0, 0.1) is 0 Å². The van der Waals surface area contributed by atoms with Crippen LogP contribution in [0.15, 0.2) is 47.1 Å². The summed E-state index contributed by atoms with van der Waals surface area (Å²) in [6.45, 7) is -0.523. The van der Waals surface area contributed by atoms with Crippen LogP contribution < -0.4 is 15.4 Å². The zero-order valence-corrected chi connectivity index (χ0v) is 14.4. The number of hydrogen-bond acceptors (Lipinski definition) is 5. The Kier molecular flexibility index (Phi) is 4.75. The van der Waals surface area contributed by atoms with Crippen molar-refractivity contribution in [3.8, 4) is 5.75 Å². The molecule has 2 aromatic rings. The van der Waals surface area contributed by atoms with Crippen LogP contribution in [-0.4, -0.2) is 41.7 Å². The van der Waals surface area contributed by atoms with Crippen molar-refractivity contribution in [1.82, 2.24) is 15.5 Å². The normalized spacial score (nSPS) is 19.5. The highest BCUT2D eigenvalue weighted by Gasteiger charge is 2.68. The fourth-order valence-corrected chi connectivity index (χ4v) is 2.63.